The van der Waals surface area contributed by atoms with Crippen molar-refractivity contribution < 1.29 is 14.7 Å². The topological polar surface area (TPSA) is 57.6 Å². The molecule has 24 heavy (non-hydrogen) atoms. The first-order chi connectivity index (χ1) is 11.6. The maximum absolute atomic E-state index is 12.2. The lowest BCUT2D eigenvalue weighted by Crippen LogP contribution is -2.27. The molecule has 0 radical (unpaired) electrons. The first kappa shape index (κ1) is 16.8. The molecule has 0 saturated heterocycles. The van der Waals surface area contributed by atoms with Gasteiger partial charge >= 0.3 is 0 Å². The summed E-state index contributed by atoms with van der Waals surface area (Å²) in [5.41, 5.74) is 3.34. The molecule has 1 N–H and O–H groups in total. The Kier molecular flexibility index (Phi) is 5.09. The molecule has 1 heterocycles. The molecule has 1 aliphatic heterocycles. The lowest BCUT2D eigenvalue weighted by atomic mass is 9.99. The quantitative estimate of drug-likeness (QED) is 0.867. The molecule has 1 aliphatic rings. The van der Waals surface area contributed by atoms with E-state index in [1.54, 1.807) is 12.1 Å². The normalized spacial score (nSPS) is 15.0. The second-order valence-electron chi connectivity index (χ2n) is 6.02. The summed E-state index contributed by atoms with van der Waals surface area (Å²) in [6, 6.07) is 12.9. The monoisotopic (exact) mass is 343 g/mol. The molecule has 2 aromatic carbocycles. The van der Waals surface area contributed by atoms with Crippen LogP contribution in [0.3, 0.4) is 0 Å². The minimum absolute atomic E-state index is 0.141. The molecule has 0 spiro atoms. The highest BCUT2D eigenvalue weighted by molar-refractivity contribution is 6.31. The van der Waals surface area contributed by atoms with Gasteiger partial charge in [0.2, 0.25) is 0 Å². The molecule has 0 bridgehead atoms. The van der Waals surface area contributed by atoms with Gasteiger partial charge in [0, 0.05) is 30.1 Å². The summed E-state index contributed by atoms with van der Waals surface area (Å²) in [5.74, 6) is -0.173. The highest BCUT2D eigenvalue weighted by atomic mass is 35.5. The first-order valence-electron chi connectivity index (χ1n) is 7.80. The molecule has 0 aromatic heterocycles. The summed E-state index contributed by atoms with van der Waals surface area (Å²) < 4.78 is 0. The third kappa shape index (κ3) is 3.73. The SMILES string of the molecule is O=C1Cc2ccc(C(=O)CO)cc2CN(Cc2ccccc2Cl)C1. The molecule has 0 atom stereocenters. The molecule has 124 valence electrons. The largest absolute Gasteiger partial charge is 0.388 e. The van der Waals surface area contributed by atoms with E-state index in [-0.39, 0.29) is 11.6 Å². The van der Waals surface area contributed by atoms with Crippen molar-refractivity contribution in [2.45, 2.75) is 19.5 Å². The number of rotatable bonds is 4. The molecule has 4 nitrogen and oxygen atoms in total. The number of halogens is 1. The number of nitrogens with zero attached hydrogens (tertiary/aromatic N) is 1. The van der Waals surface area contributed by atoms with Crippen LogP contribution >= 0.6 is 11.6 Å². The van der Waals surface area contributed by atoms with Gasteiger partial charge in [0.05, 0.1) is 6.54 Å². The van der Waals surface area contributed by atoms with Crippen LogP contribution in [0.5, 0.6) is 0 Å². The zero-order valence-electron chi connectivity index (χ0n) is 13.2. The van der Waals surface area contributed by atoms with Crippen molar-refractivity contribution in [3.05, 3.63) is 69.7 Å². The zero-order chi connectivity index (χ0) is 17.1. The number of hydrogen-bond donors (Lipinski definition) is 1. The number of fused-ring (bicyclic) bond motifs is 1. The van der Waals surface area contributed by atoms with Gasteiger partial charge in [0.1, 0.15) is 6.61 Å². The van der Waals surface area contributed by atoms with Crippen LogP contribution in [0, 0.1) is 0 Å². The van der Waals surface area contributed by atoms with E-state index < -0.39 is 6.61 Å². The van der Waals surface area contributed by atoms with E-state index in [0.29, 0.717) is 36.6 Å². The molecule has 2 aromatic rings. The third-order valence-electron chi connectivity index (χ3n) is 4.21. The highest BCUT2D eigenvalue weighted by Gasteiger charge is 2.21. The minimum Gasteiger partial charge on any atom is -0.388 e. The van der Waals surface area contributed by atoms with Gasteiger partial charge in [-0.3, -0.25) is 14.5 Å². The number of carbonyl (C=O) groups is 2. The van der Waals surface area contributed by atoms with Crippen LogP contribution in [-0.2, 0) is 24.3 Å². The summed E-state index contributed by atoms with van der Waals surface area (Å²) in [6.07, 6.45) is 0.363. The average molecular weight is 344 g/mol. The number of benzene rings is 2. The van der Waals surface area contributed by atoms with E-state index in [2.05, 4.69) is 0 Å². The predicted octanol–water partition coefficient (Wildman–Crippen LogP) is 2.64. The molecule has 0 saturated carbocycles. The van der Waals surface area contributed by atoms with E-state index in [1.807, 2.05) is 35.2 Å². The van der Waals surface area contributed by atoms with Gasteiger partial charge in [-0.15, -0.1) is 0 Å². The van der Waals surface area contributed by atoms with Crippen molar-refractivity contribution in [3.8, 4) is 0 Å². The maximum atomic E-state index is 12.2. The Hall–Kier alpha value is -2.01. The smallest absolute Gasteiger partial charge is 0.188 e. The van der Waals surface area contributed by atoms with Crippen molar-refractivity contribution >= 4 is 23.2 Å². The van der Waals surface area contributed by atoms with Crippen LogP contribution in [0.1, 0.15) is 27.0 Å². The van der Waals surface area contributed by atoms with Crippen LogP contribution in [0.25, 0.3) is 0 Å². The van der Waals surface area contributed by atoms with Gasteiger partial charge in [0.25, 0.3) is 0 Å². The van der Waals surface area contributed by atoms with E-state index in [9.17, 15) is 9.59 Å². The number of hydrogen-bond acceptors (Lipinski definition) is 4. The second kappa shape index (κ2) is 7.26. The van der Waals surface area contributed by atoms with Crippen molar-refractivity contribution in [2.75, 3.05) is 13.2 Å². The molecule has 0 unspecified atom stereocenters. The van der Waals surface area contributed by atoms with E-state index >= 15 is 0 Å². The lowest BCUT2D eigenvalue weighted by molar-refractivity contribution is -0.119. The zero-order valence-corrected chi connectivity index (χ0v) is 13.9. The molecule has 0 fully saturated rings. The summed E-state index contributed by atoms with van der Waals surface area (Å²) in [5, 5.41) is 9.72. The summed E-state index contributed by atoms with van der Waals surface area (Å²) in [7, 11) is 0. The van der Waals surface area contributed by atoms with Gasteiger partial charge in [-0.25, -0.2) is 0 Å². The van der Waals surface area contributed by atoms with Crippen LogP contribution in [-0.4, -0.2) is 34.7 Å². The van der Waals surface area contributed by atoms with Crippen LogP contribution in [0.4, 0.5) is 0 Å². The summed E-state index contributed by atoms with van der Waals surface area (Å²) in [6.45, 7) is 0.978. The fourth-order valence-corrected chi connectivity index (χ4v) is 3.20. The molecule has 3 rings (SSSR count). The van der Waals surface area contributed by atoms with Crippen molar-refractivity contribution in [2.24, 2.45) is 0 Å². The van der Waals surface area contributed by atoms with Crippen LogP contribution in [0.15, 0.2) is 42.5 Å². The number of aliphatic hydroxyl groups is 1. The Morgan fingerprint density at radius 1 is 1.12 bits per heavy atom. The van der Waals surface area contributed by atoms with Crippen LogP contribution < -0.4 is 0 Å². The van der Waals surface area contributed by atoms with Gasteiger partial charge in [-0.05, 0) is 28.8 Å². The standard InChI is InChI=1S/C19H18ClNO3/c20-18-4-2-1-3-15(18)9-21-10-16-7-14(19(24)12-22)6-5-13(16)8-17(23)11-21/h1-7,22H,8-12H2. The Bertz CT molecular complexity index is 788. The van der Waals surface area contributed by atoms with E-state index in [0.717, 1.165) is 16.7 Å². The molecule has 0 amide bonds. The fraction of sp³-hybridized carbons (Fsp3) is 0.263. The van der Waals surface area contributed by atoms with Crippen LogP contribution in [0.2, 0.25) is 5.02 Å². The Labute approximate surface area is 145 Å². The van der Waals surface area contributed by atoms with Gasteiger partial charge < -0.3 is 5.11 Å². The third-order valence-corrected chi connectivity index (χ3v) is 4.57. The predicted molar refractivity (Wildman–Crippen MR) is 92.1 cm³/mol. The van der Waals surface area contributed by atoms with Crippen molar-refractivity contribution in [3.63, 3.8) is 0 Å². The highest BCUT2D eigenvalue weighted by Crippen LogP contribution is 2.23. The second-order valence-corrected chi connectivity index (χ2v) is 6.42. The van der Waals surface area contributed by atoms with E-state index in [1.165, 1.54) is 0 Å². The lowest BCUT2D eigenvalue weighted by Gasteiger charge is -2.20. The molecule has 0 aliphatic carbocycles. The number of ketones is 2. The minimum atomic E-state index is -0.513. The summed E-state index contributed by atoms with van der Waals surface area (Å²) in [4.78, 5) is 26.0. The Morgan fingerprint density at radius 2 is 1.92 bits per heavy atom. The average Bonchev–Trinajstić information content (AvgIpc) is 2.72. The Morgan fingerprint density at radius 3 is 2.67 bits per heavy atom. The number of Topliss-reactive ketones (excluding diaryl/α,β-unsaturated/α-hetero) is 2. The van der Waals surface area contributed by atoms with Gasteiger partial charge in [-0.2, -0.15) is 0 Å². The molecular weight excluding hydrogens is 326 g/mol. The summed E-state index contributed by atoms with van der Waals surface area (Å²) >= 11 is 6.22. The Balaban J connectivity index is 1.88. The van der Waals surface area contributed by atoms with Gasteiger partial charge in [-0.1, -0.05) is 41.9 Å². The van der Waals surface area contributed by atoms with E-state index in [4.69, 9.17) is 16.7 Å². The molecular formula is C19H18ClNO3. The first-order valence-corrected chi connectivity index (χ1v) is 8.18. The van der Waals surface area contributed by atoms with Crippen molar-refractivity contribution in [1.82, 2.24) is 4.90 Å². The number of carbonyl (C=O) groups excluding carboxylic acids is 2. The number of aliphatic hydroxyl groups excluding tert-OH is 1. The fourth-order valence-electron chi connectivity index (χ4n) is 3.00. The van der Waals surface area contributed by atoms with Gasteiger partial charge in [0.15, 0.2) is 11.6 Å². The molecule has 5 heteroatoms. The maximum Gasteiger partial charge on any atom is 0.188 e. The van der Waals surface area contributed by atoms with Crippen molar-refractivity contribution in [1.29, 1.82) is 0 Å².